The Bertz CT molecular complexity index is 195. The van der Waals surface area contributed by atoms with E-state index in [-0.39, 0.29) is 40.0 Å². The molecule has 0 saturated carbocycles. The van der Waals surface area contributed by atoms with Crippen LogP contribution in [-0.4, -0.2) is 18.7 Å². The van der Waals surface area contributed by atoms with Gasteiger partial charge in [-0.2, -0.15) is 0 Å². The van der Waals surface area contributed by atoms with Gasteiger partial charge in [-0.05, 0) is 6.42 Å². The summed E-state index contributed by atoms with van der Waals surface area (Å²) in [5, 5.41) is 0. The van der Waals surface area contributed by atoms with Gasteiger partial charge in [0.2, 0.25) is 0 Å². The van der Waals surface area contributed by atoms with E-state index in [4.69, 9.17) is 0 Å². The number of halogens is 1. The van der Waals surface area contributed by atoms with Gasteiger partial charge in [0.05, 0.1) is 10.1 Å². The molecule has 0 radical (unpaired) electrons. The molecule has 0 amide bonds. The third kappa shape index (κ3) is 18.6. The van der Waals surface area contributed by atoms with Crippen molar-refractivity contribution in [1.29, 1.82) is 0 Å². The first-order chi connectivity index (χ1) is 5.56. The van der Waals surface area contributed by atoms with E-state index in [9.17, 15) is 13.0 Å². The van der Waals surface area contributed by atoms with Crippen molar-refractivity contribution in [3.63, 3.8) is 0 Å². The summed E-state index contributed by atoms with van der Waals surface area (Å²) in [7, 11) is -3.97. The Morgan fingerprint density at radius 2 is 1.43 bits per heavy atom. The van der Waals surface area contributed by atoms with Crippen molar-refractivity contribution in [3.05, 3.63) is 0 Å². The van der Waals surface area contributed by atoms with Crippen molar-refractivity contribution >= 4 is 10.1 Å². The van der Waals surface area contributed by atoms with Crippen LogP contribution in [0.5, 0.6) is 0 Å². The Morgan fingerprint density at radius 3 is 1.86 bits per heavy atom. The molecule has 0 rings (SSSR count). The second kappa shape index (κ2) is 11.9. The van der Waals surface area contributed by atoms with Crippen molar-refractivity contribution in [1.82, 2.24) is 0 Å². The number of rotatable bonds is 7. The standard InChI is InChI=1S/C8H18O3S.FH.Na/c1-2-3-4-5-6-7-8-12(9,10)11;;/h2-8H2,1H3,(H,9,10,11);1H;/q;;+1/p-1. The van der Waals surface area contributed by atoms with Gasteiger partial charge in [0.25, 0.3) is 0 Å². The van der Waals surface area contributed by atoms with Crippen molar-refractivity contribution in [3.8, 4) is 0 Å². The Labute approximate surface area is 108 Å². The van der Waals surface area contributed by atoms with E-state index in [2.05, 4.69) is 6.92 Å². The summed E-state index contributed by atoms with van der Waals surface area (Å²) in [5.41, 5.74) is 0. The Balaban J connectivity index is -0.000000605. The smallest absolute Gasteiger partial charge is 0.748 e. The molecule has 0 spiro atoms. The molecule has 0 atom stereocenters. The summed E-state index contributed by atoms with van der Waals surface area (Å²) in [6, 6.07) is 0. The largest absolute Gasteiger partial charge is 1.00 e. The quantitative estimate of drug-likeness (QED) is 0.325. The van der Waals surface area contributed by atoms with E-state index in [0.29, 0.717) is 6.42 Å². The van der Waals surface area contributed by atoms with Crippen molar-refractivity contribution < 1.29 is 47.2 Å². The molecule has 14 heavy (non-hydrogen) atoms. The Kier molecular flexibility index (Phi) is 17.3. The molecule has 0 heterocycles. The van der Waals surface area contributed by atoms with Crippen LogP contribution < -0.4 is 29.6 Å². The maximum Gasteiger partial charge on any atom is 1.00 e. The number of hydrogen-bond donors (Lipinski definition) is 0. The van der Waals surface area contributed by atoms with Crippen molar-refractivity contribution in [2.75, 3.05) is 5.75 Å². The molecule has 0 fully saturated rings. The van der Waals surface area contributed by atoms with Crippen LogP contribution in [0.1, 0.15) is 45.4 Å². The maximum atomic E-state index is 10.2. The van der Waals surface area contributed by atoms with Gasteiger partial charge in [0.1, 0.15) is 0 Å². The average molecular weight is 236 g/mol. The Hall–Kier alpha value is 0.840. The molecular formula is C8H18FNaO3S. The van der Waals surface area contributed by atoms with Gasteiger partial charge >= 0.3 is 29.6 Å². The third-order valence-electron chi connectivity index (χ3n) is 1.75. The van der Waals surface area contributed by atoms with Crippen LogP contribution in [0.15, 0.2) is 0 Å². The molecule has 0 aromatic carbocycles. The van der Waals surface area contributed by atoms with Gasteiger partial charge in [-0.3, -0.25) is 4.70 Å². The molecule has 0 unspecified atom stereocenters. The zero-order valence-electron chi connectivity index (χ0n) is 8.99. The minimum atomic E-state index is -3.97. The van der Waals surface area contributed by atoms with Crippen LogP contribution in [0.2, 0.25) is 0 Å². The normalized spacial score (nSPS) is 10.1. The van der Waals surface area contributed by atoms with E-state index in [1.807, 2.05) is 0 Å². The monoisotopic (exact) mass is 236 g/mol. The van der Waals surface area contributed by atoms with Crippen LogP contribution in [0.3, 0.4) is 0 Å². The van der Waals surface area contributed by atoms with Crippen LogP contribution in [-0.2, 0) is 10.1 Å². The summed E-state index contributed by atoms with van der Waals surface area (Å²) in [6.45, 7) is 2.13. The Morgan fingerprint density at radius 1 is 1.00 bits per heavy atom. The van der Waals surface area contributed by atoms with E-state index >= 15 is 0 Å². The second-order valence-electron chi connectivity index (χ2n) is 3.03. The van der Waals surface area contributed by atoms with Crippen molar-refractivity contribution in [2.45, 2.75) is 45.4 Å². The summed E-state index contributed by atoms with van der Waals surface area (Å²) in [5.74, 6) is -0.195. The molecule has 0 N–H and O–H groups in total. The molecule has 0 aliphatic carbocycles. The van der Waals surface area contributed by atoms with Gasteiger partial charge in [-0.15, -0.1) is 0 Å². The molecule has 0 aliphatic rings. The minimum Gasteiger partial charge on any atom is -0.748 e. The minimum absolute atomic E-state index is 0. The first kappa shape index (κ1) is 20.3. The average Bonchev–Trinajstić information content (AvgIpc) is 1.94. The zero-order valence-corrected chi connectivity index (χ0v) is 11.8. The molecule has 6 heteroatoms. The van der Waals surface area contributed by atoms with Crippen LogP contribution >= 0.6 is 0 Å². The molecule has 0 aromatic rings. The van der Waals surface area contributed by atoms with Crippen LogP contribution in [0, 0.1) is 0 Å². The number of unbranched alkanes of at least 4 members (excludes halogenated alkanes) is 5. The molecule has 3 nitrogen and oxygen atoms in total. The summed E-state index contributed by atoms with van der Waals surface area (Å²) in [4.78, 5) is 0. The molecule has 0 bridgehead atoms. The zero-order chi connectivity index (χ0) is 9.45. The predicted molar refractivity (Wildman–Crippen MR) is 50.4 cm³/mol. The maximum absolute atomic E-state index is 10.2. The first-order valence-corrected chi connectivity index (χ1v) is 6.07. The molecular weight excluding hydrogens is 218 g/mol. The van der Waals surface area contributed by atoms with Gasteiger partial charge in [0, 0.05) is 5.75 Å². The van der Waals surface area contributed by atoms with Crippen LogP contribution in [0.25, 0.3) is 0 Å². The van der Waals surface area contributed by atoms with Crippen LogP contribution in [0.4, 0.5) is 4.70 Å². The van der Waals surface area contributed by atoms with E-state index in [1.165, 1.54) is 12.8 Å². The topological polar surface area (TPSA) is 57.2 Å². The first-order valence-electron chi connectivity index (χ1n) is 4.50. The van der Waals surface area contributed by atoms with E-state index < -0.39 is 10.1 Å². The fourth-order valence-corrected chi connectivity index (χ4v) is 1.62. The second-order valence-corrected chi connectivity index (χ2v) is 4.55. The fraction of sp³-hybridized carbons (Fsp3) is 1.00. The molecule has 0 aromatic heterocycles. The van der Waals surface area contributed by atoms with Gasteiger partial charge < -0.3 is 4.55 Å². The molecule has 0 aliphatic heterocycles. The summed E-state index contributed by atoms with van der Waals surface area (Å²) < 4.78 is 30.5. The number of hydrogen-bond acceptors (Lipinski definition) is 3. The summed E-state index contributed by atoms with van der Waals surface area (Å²) >= 11 is 0. The van der Waals surface area contributed by atoms with Crippen molar-refractivity contribution in [2.24, 2.45) is 0 Å². The summed E-state index contributed by atoms with van der Waals surface area (Å²) in [6.07, 6.45) is 5.96. The molecule has 82 valence electrons. The molecule has 0 saturated heterocycles. The van der Waals surface area contributed by atoms with Gasteiger partial charge in [0.15, 0.2) is 0 Å². The third-order valence-corrected chi connectivity index (χ3v) is 2.54. The van der Waals surface area contributed by atoms with Gasteiger partial charge in [-0.1, -0.05) is 39.0 Å². The van der Waals surface area contributed by atoms with E-state index in [0.717, 1.165) is 19.3 Å². The predicted octanol–water partition coefficient (Wildman–Crippen LogP) is -0.951. The SMILES string of the molecule is CCCCCCCCS(=O)(=O)[O-].F.[Na+]. The van der Waals surface area contributed by atoms with E-state index in [1.54, 1.807) is 0 Å². The fourth-order valence-electron chi connectivity index (χ4n) is 1.06. The van der Waals surface area contributed by atoms with Gasteiger partial charge in [-0.25, -0.2) is 8.42 Å².